The van der Waals surface area contributed by atoms with Crippen molar-refractivity contribution < 1.29 is 28.6 Å². The zero-order chi connectivity index (χ0) is 17.5. The van der Waals surface area contributed by atoms with E-state index in [4.69, 9.17) is 9.47 Å². The van der Waals surface area contributed by atoms with Gasteiger partial charge in [0.15, 0.2) is 17.3 Å². The third-order valence-electron chi connectivity index (χ3n) is 3.65. The van der Waals surface area contributed by atoms with Gasteiger partial charge in [-0.3, -0.25) is 14.4 Å². The smallest absolute Gasteiger partial charge is 0.308 e. The Morgan fingerprint density at radius 3 is 2.71 bits per heavy atom. The minimum absolute atomic E-state index is 0.0891. The molecule has 1 aliphatic rings. The summed E-state index contributed by atoms with van der Waals surface area (Å²) < 4.78 is 15.1. The van der Waals surface area contributed by atoms with E-state index in [1.807, 2.05) is 6.07 Å². The van der Waals surface area contributed by atoms with E-state index in [1.54, 1.807) is 25.1 Å². The number of carbonyl (C=O) groups excluding carboxylic acids is 3. The molecular weight excluding hydrogens is 312 g/mol. The van der Waals surface area contributed by atoms with E-state index in [1.165, 1.54) is 13.2 Å². The van der Waals surface area contributed by atoms with Crippen molar-refractivity contribution in [3.8, 4) is 11.5 Å². The highest BCUT2D eigenvalue weighted by molar-refractivity contribution is 5.96. The van der Waals surface area contributed by atoms with Crippen molar-refractivity contribution in [3.05, 3.63) is 29.8 Å². The lowest BCUT2D eigenvalue weighted by Crippen LogP contribution is -2.17. The van der Waals surface area contributed by atoms with Crippen LogP contribution in [0.25, 0.3) is 6.08 Å². The highest BCUT2D eigenvalue weighted by Gasteiger charge is 2.17. The number of ketones is 2. The Hall–Kier alpha value is -2.63. The summed E-state index contributed by atoms with van der Waals surface area (Å²) in [5, 5.41) is 0. The van der Waals surface area contributed by atoms with Gasteiger partial charge in [-0.15, -0.1) is 0 Å². The largest absolute Gasteiger partial charge is 0.469 e. The summed E-state index contributed by atoms with van der Waals surface area (Å²) in [6, 6.07) is 5.39. The number of rotatable bonds is 8. The van der Waals surface area contributed by atoms with Crippen LogP contribution < -0.4 is 9.47 Å². The van der Waals surface area contributed by atoms with Gasteiger partial charge in [0.2, 0.25) is 6.79 Å². The molecule has 24 heavy (non-hydrogen) atoms. The lowest BCUT2D eigenvalue weighted by molar-refractivity contribution is -0.146. The van der Waals surface area contributed by atoms with Gasteiger partial charge < -0.3 is 14.2 Å². The number of esters is 1. The summed E-state index contributed by atoms with van der Waals surface area (Å²) in [5.41, 5.74) is 0.818. The lowest BCUT2D eigenvalue weighted by atomic mass is 10.0. The second-order valence-electron chi connectivity index (χ2n) is 5.58. The van der Waals surface area contributed by atoms with Gasteiger partial charge in [-0.05, 0) is 23.8 Å². The van der Waals surface area contributed by atoms with E-state index in [0.717, 1.165) is 5.56 Å². The predicted molar refractivity (Wildman–Crippen MR) is 86.6 cm³/mol. The molecule has 6 nitrogen and oxygen atoms in total. The summed E-state index contributed by atoms with van der Waals surface area (Å²) in [6.45, 7) is 1.83. The fraction of sp³-hybridized carbons (Fsp3) is 0.389. The van der Waals surface area contributed by atoms with Gasteiger partial charge in [0.25, 0.3) is 0 Å². The fourth-order valence-corrected chi connectivity index (χ4v) is 2.28. The van der Waals surface area contributed by atoms with Gasteiger partial charge >= 0.3 is 5.97 Å². The number of benzene rings is 1. The molecule has 0 aliphatic carbocycles. The summed E-state index contributed by atoms with van der Waals surface area (Å²) >= 11 is 0. The highest BCUT2D eigenvalue weighted by atomic mass is 16.7. The number of fused-ring (bicyclic) bond motifs is 1. The minimum Gasteiger partial charge on any atom is -0.469 e. The maximum absolute atomic E-state index is 11.8. The first-order chi connectivity index (χ1) is 11.5. The van der Waals surface area contributed by atoms with E-state index in [2.05, 4.69) is 4.74 Å². The van der Waals surface area contributed by atoms with Crippen molar-refractivity contribution in [2.75, 3.05) is 13.9 Å². The van der Waals surface area contributed by atoms with Crippen LogP contribution in [0.1, 0.15) is 31.7 Å². The molecule has 0 amide bonds. The maximum atomic E-state index is 11.8. The molecule has 2 rings (SSSR count). The number of carbonyl (C=O) groups is 3. The van der Waals surface area contributed by atoms with Crippen molar-refractivity contribution in [3.63, 3.8) is 0 Å². The lowest BCUT2D eigenvalue weighted by Gasteiger charge is -2.07. The van der Waals surface area contributed by atoms with Gasteiger partial charge in [-0.25, -0.2) is 0 Å². The quantitative estimate of drug-likeness (QED) is 0.538. The number of Topliss-reactive ketones (excluding diaryl/α,β-unsaturated/α-hetero) is 1. The van der Waals surface area contributed by atoms with Crippen LogP contribution in [0.5, 0.6) is 11.5 Å². The Balaban J connectivity index is 1.78. The summed E-state index contributed by atoms with van der Waals surface area (Å²) in [6.07, 6.45) is 3.44. The second kappa shape index (κ2) is 8.29. The Morgan fingerprint density at radius 1 is 1.21 bits per heavy atom. The molecule has 1 heterocycles. The van der Waals surface area contributed by atoms with Crippen molar-refractivity contribution in [1.29, 1.82) is 0 Å². The third-order valence-corrected chi connectivity index (χ3v) is 3.65. The SMILES string of the molecule is COC(=O)[C@H](C)CC(=O)CCC(=O)/C=C/c1ccc2c(c1)OCO2. The molecule has 0 aromatic heterocycles. The molecule has 1 atom stereocenters. The van der Waals surface area contributed by atoms with Crippen LogP contribution in [0.15, 0.2) is 24.3 Å². The normalized spacial score (nSPS) is 13.8. The van der Waals surface area contributed by atoms with E-state index < -0.39 is 11.9 Å². The van der Waals surface area contributed by atoms with Crippen LogP contribution in [0.3, 0.4) is 0 Å². The summed E-state index contributed by atoms with van der Waals surface area (Å²) in [4.78, 5) is 34.9. The second-order valence-corrected chi connectivity index (χ2v) is 5.58. The third kappa shape index (κ3) is 4.94. The molecule has 0 N–H and O–H groups in total. The first kappa shape index (κ1) is 17.7. The Kier molecular flexibility index (Phi) is 6.12. The highest BCUT2D eigenvalue weighted by Crippen LogP contribution is 2.32. The van der Waals surface area contributed by atoms with Crippen LogP contribution in [0.4, 0.5) is 0 Å². The molecular formula is C18H20O6. The van der Waals surface area contributed by atoms with E-state index in [-0.39, 0.29) is 37.6 Å². The molecule has 0 fully saturated rings. The molecule has 0 bridgehead atoms. The number of methoxy groups -OCH3 is 1. The fourth-order valence-electron chi connectivity index (χ4n) is 2.28. The Labute approximate surface area is 140 Å². The molecule has 128 valence electrons. The van der Waals surface area contributed by atoms with Crippen molar-refractivity contribution >= 4 is 23.6 Å². The van der Waals surface area contributed by atoms with Gasteiger partial charge in [0.1, 0.15) is 5.78 Å². The molecule has 1 aromatic carbocycles. The van der Waals surface area contributed by atoms with E-state index in [9.17, 15) is 14.4 Å². The Bertz CT molecular complexity index is 661. The van der Waals surface area contributed by atoms with Crippen LogP contribution in [0, 0.1) is 5.92 Å². The van der Waals surface area contributed by atoms with Crippen LogP contribution in [-0.4, -0.2) is 31.4 Å². The average Bonchev–Trinajstić information content (AvgIpc) is 3.04. The van der Waals surface area contributed by atoms with Crippen LogP contribution in [-0.2, 0) is 19.1 Å². The van der Waals surface area contributed by atoms with Crippen LogP contribution >= 0.6 is 0 Å². The Morgan fingerprint density at radius 2 is 1.96 bits per heavy atom. The van der Waals surface area contributed by atoms with Crippen molar-refractivity contribution in [1.82, 2.24) is 0 Å². The molecule has 1 aliphatic heterocycles. The molecule has 0 spiro atoms. The van der Waals surface area contributed by atoms with Crippen molar-refractivity contribution in [2.45, 2.75) is 26.2 Å². The van der Waals surface area contributed by atoms with Gasteiger partial charge in [-0.1, -0.05) is 19.1 Å². The number of hydrogen-bond donors (Lipinski definition) is 0. The molecule has 0 saturated heterocycles. The topological polar surface area (TPSA) is 78.9 Å². The number of allylic oxidation sites excluding steroid dienone is 1. The molecule has 0 radical (unpaired) electrons. The molecule has 0 unspecified atom stereocenters. The van der Waals surface area contributed by atoms with Gasteiger partial charge in [0, 0.05) is 19.3 Å². The number of ether oxygens (including phenoxy) is 3. The summed E-state index contributed by atoms with van der Waals surface area (Å²) in [7, 11) is 1.29. The first-order valence-electron chi connectivity index (χ1n) is 7.69. The average molecular weight is 332 g/mol. The zero-order valence-electron chi connectivity index (χ0n) is 13.7. The standard InChI is InChI=1S/C18H20O6/c1-12(18(21)22-2)9-15(20)7-6-14(19)5-3-13-4-8-16-17(10-13)24-11-23-16/h3-5,8,10,12H,6-7,9,11H2,1-2H3/b5-3+/t12-/m1/s1. The van der Waals surface area contributed by atoms with Gasteiger partial charge in [0.05, 0.1) is 13.0 Å². The minimum atomic E-state index is -0.484. The van der Waals surface area contributed by atoms with Crippen LogP contribution in [0.2, 0.25) is 0 Å². The first-order valence-corrected chi connectivity index (χ1v) is 7.69. The molecule has 6 heteroatoms. The predicted octanol–water partition coefficient (Wildman–Crippen LogP) is 2.55. The zero-order valence-corrected chi connectivity index (χ0v) is 13.7. The van der Waals surface area contributed by atoms with E-state index in [0.29, 0.717) is 11.5 Å². The monoisotopic (exact) mass is 332 g/mol. The van der Waals surface area contributed by atoms with E-state index >= 15 is 0 Å². The molecule has 0 saturated carbocycles. The summed E-state index contributed by atoms with van der Waals surface area (Å²) in [5.74, 6) is 0.156. The van der Waals surface area contributed by atoms with Gasteiger partial charge in [-0.2, -0.15) is 0 Å². The maximum Gasteiger partial charge on any atom is 0.308 e. The van der Waals surface area contributed by atoms with Crippen molar-refractivity contribution in [2.24, 2.45) is 5.92 Å². The molecule has 1 aromatic rings. The number of hydrogen-bond acceptors (Lipinski definition) is 6.